The van der Waals surface area contributed by atoms with Gasteiger partial charge in [-0.05, 0) is 18.7 Å². The fraction of sp³-hybridized carbons (Fsp3) is 0.200. The molecule has 0 amide bonds. The lowest BCUT2D eigenvalue weighted by Crippen LogP contribution is -2.43. The Labute approximate surface area is 106 Å². The molecule has 0 aromatic heterocycles. The van der Waals surface area contributed by atoms with Gasteiger partial charge in [-0.2, -0.15) is 0 Å². The molecule has 0 saturated carbocycles. The van der Waals surface area contributed by atoms with E-state index in [1.165, 1.54) is 0 Å². The molecule has 1 aromatic carbocycles. The number of hydrogen-bond acceptors (Lipinski definition) is 4. The molecule has 0 atom stereocenters. The normalized spacial score (nSPS) is 9.29. The topological polar surface area (TPSA) is 122 Å². The minimum Gasteiger partial charge on any atom is -0.369 e. The Morgan fingerprint density at radius 2 is 1.94 bits per heavy atom. The number of nitrogens with zero attached hydrogens (tertiary/aromatic N) is 1. The number of Topliss-reactive ketones (excluding diaryl/α,β-unsaturated/α-hetero) is 1. The van der Waals surface area contributed by atoms with Gasteiger partial charge in [0.15, 0.2) is 5.78 Å². The van der Waals surface area contributed by atoms with Gasteiger partial charge in [-0.25, -0.2) is 10.9 Å². The fourth-order valence-electron chi connectivity index (χ4n) is 1.32. The molecule has 7 N–H and O–H groups in total. The van der Waals surface area contributed by atoms with E-state index in [4.69, 9.17) is 22.7 Å². The number of hydrazine groups is 1. The highest BCUT2D eigenvalue weighted by atomic mass is 35.5. The summed E-state index contributed by atoms with van der Waals surface area (Å²) >= 11 is 0. The van der Waals surface area contributed by atoms with Crippen LogP contribution in [0.5, 0.6) is 0 Å². The summed E-state index contributed by atoms with van der Waals surface area (Å²) in [7, 11) is 0. The van der Waals surface area contributed by atoms with Crippen LogP contribution in [0.3, 0.4) is 0 Å². The van der Waals surface area contributed by atoms with Crippen LogP contribution in [0.15, 0.2) is 24.3 Å². The van der Waals surface area contributed by atoms with Crippen molar-refractivity contribution in [2.75, 3.05) is 11.6 Å². The number of hydrogen-bond donors (Lipinski definition) is 4. The molecular formula is C10H16ClN5O. The maximum absolute atomic E-state index is 11.7. The number of para-hydroxylation sites is 1. The average molecular weight is 258 g/mol. The average Bonchev–Trinajstić information content (AvgIpc) is 2.28. The molecule has 0 aliphatic heterocycles. The monoisotopic (exact) mass is 257 g/mol. The number of ketones is 1. The Balaban J connectivity index is 0.00000256. The maximum Gasteiger partial charge on any atom is 0.207 e. The molecule has 17 heavy (non-hydrogen) atoms. The van der Waals surface area contributed by atoms with Crippen LogP contribution in [0.4, 0.5) is 5.69 Å². The zero-order valence-corrected chi connectivity index (χ0v) is 10.0. The second-order valence-electron chi connectivity index (χ2n) is 3.23. The molecule has 0 heterocycles. The third-order valence-electron chi connectivity index (χ3n) is 2.09. The van der Waals surface area contributed by atoms with Gasteiger partial charge in [0.1, 0.15) is 0 Å². The van der Waals surface area contributed by atoms with E-state index >= 15 is 0 Å². The fourth-order valence-corrected chi connectivity index (χ4v) is 1.32. The van der Waals surface area contributed by atoms with E-state index in [0.29, 0.717) is 11.3 Å². The van der Waals surface area contributed by atoms with E-state index in [2.05, 4.69) is 0 Å². The zero-order valence-electron chi connectivity index (χ0n) is 9.22. The van der Waals surface area contributed by atoms with Gasteiger partial charge in [-0.1, -0.05) is 12.1 Å². The Kier molecular flexibility index (Phi) is 6.19. The summed E-state index contributed by atoms with van der Waals surface area (Å²) in [5, 5.41) is 8.18. The van der Waals surface area contributed by atoms with Crippen LogP contribution in [0.2, 0.25) is 0 Å². The minimum atomic E-state index is -0.326. The molecule has 1 rings (SSSR count). The van der Waals surface area contributed by atoms with Gasteiger partial charge in [-0.15, -0.1) is 12.4 Å². The first-order valence-electron chi connectivity index (χ1n) is 4.79. The van der Waals surface area contributed by atoms with Gasteiger partial charge in [0.05, 0.1) is 5.69 Å². The molecule has 0 aliphatic carbocycles. The Morgan fingerprint density at radius 1 is 1.35 bits per heavy atom. The van der Waals surface area contributed by atoms with Gasteiger partial charge < -0.3 is 11.5 Å². The number of rotatable bonds is 4. The van der Waals surface area contributed by atoms with Crippen molar-refractivity contribution in [2.45, 2.75) is 6.42 Å². The van der Waals surface area contributed by atoms with E-state index < -0.39 is 0 Å². The number of guanidine groups is 1. The largest absolute Gasteiger partial charge is 0.369 e. The lowest BCUT2D eigenvalue weighted by molar-refractivity contribution is 0.0986. The molecule has 0 saturated heterocycles. The van der Waals surface area contributed by atoms with Crippen LogP contribution < -0.4 is 22.3 Å². The molecule has 1 aromatic rings. The number of nitrogens with one attached hydrogen (secondary N) is 1. The second-order valence-corrected chi connectivity index (χ2v) is 3.23. The SMILES string of the molecule is Cl.N=C(N)N(N)c1ccccc1C(=O)CCN. The molecule has 0 spiro atoms. The van der Waals surface area contributed by atoms with Gasteiger partial charge >= 0.3 is 0 Å². The Hall–Kier alpha value is -1.63. The summed E-state index contributed by atoms with van der Waals surface area (Å²) in [6.45, 7) is 0.276. The van der Waals surface area contributed by atoms with Gasteiger partial charge in [-0.3, -0.25) is 10.2 Å². The third kappa shape index (κ3) is 3.70. The van der Waals surface area contributed by atoms with Gasteiger partial charge in [0, 0.05) is 12.0 Å². The van der Waals surface area contributed by atoms with Crippen molar-refractivity contribution in [3.8, 4) is 0 Å². The number of carbonyl (C=O) groups is 1. The molecular weight excluding hydrogens is 242 g/mol. The minimum absolute atomic E-state index is 0. The second kappa shape index (κ2) is 6.85. The number of benzene rings is 1. The standard InChI is InChI=1S/C10H15N5O.ClH/c11-6-5-9(16)7-3-1-2-4-8(7)15(14)10(12)13;/h1-4H,5-6,11,14H2,(H3,12,13);1H. The molecule has 0 radical (unpaired) electrons. The van der Waals surface area contributed by atoms with Crippen LogP contribution >= 0.6 is 12.4 Å². The van der Waals surface area contributed by atoms with E-state index in [1.807, 2.05) is 0 Å². The summed E-state index contributed by atoms with van der Waals surface area (Å²) in [5.74, 6) is 5.13. The maximum atomic E-state index is 11.7. The highest BCUT2D eigenvalue weighted by Gasteiger charge is 2.14. The molecule has 0 fully saturated rings. The molecule has 7 heteroatoms. The number of anilines is 1. The Bertz CT molecular complexity index is 409. The predicted octanol–water partition coefficient (Wildman–Crippen LogP) is 0.213. The summed E-state index contributed by atoms with van der Waals surface area (Å²) in [6.07, 6.45) is 0.239. The smallest absolute Gasteiger partial charge is 0.207 e. The first-order valence-corrected chi connectivity index (χ1v) is 4.79. The van der Waals surface area contributed by atoms with E-state index in [-0.39, 0.29) is 37.1 Å². The van der Waals surface area contributed by atoms with Crippen molar-refractivity contribution < 1.29 is 4.79 Å². The number of nitrogens with two attached hydrogens (primary N) is 3. The van der Waals surface area contributed by atoms with Crippen molar-refractivity contribution in [3.05, 3.63) is 29.8 Å². The quantitative estimate of drug-likeness (QED) is 0.202. The van der Waals surface area contributed by atoms with Crippen LogP contribution in [0.1, 0.15) is 16.8 Å². The molecule has 6 nitrogen and oxygen atoms in total. The van der Waals surface area contributed by atoms with Crippen molar-refractivity contribution >= 4 is 29.8 Å². The molecule has 0 bridgehead atoms. The number of carbonyl (C=O) groups excluding carboxylic acids is 1. The van der Waals surface area contributed by atoms with Gasteiger partial charge in [0.25, 0.3) is 0 Å². The first kappa shape index (κ1) is 15.4. The number of halogens is 1. The highest BCUT2D eigenvalue weighted by Crippen LogP contribution is 2.19. The summed E-state index contributed by atoms with van der Waals surface area (Å²) in [4.78, 5) is 11.7. The third-order valence-corrected chi connectivity index (χ3v) is 2.09. The zero-order chi connectivity index (χ0) is 12.1. The summed E-state index contributed by atoms with van der Waals surface area (Å²) < 4.78 is 0. The molecule has 0 aliphatic rings. The molecule has 0 unspecified atom stereocenters. The Morgan fingerprint density at radius 3 is 2.47 bits per heavy atom. The van der Waals surface area contributed by atoms with E-state index in [1.54, 1.807) is 24.3 Å². The predicted molar refractivity (Wildman–Crippen MR) is 70.3 cm³/mol. The van der Waals surface area contributed by atoms with E-state index in [9.17, 15) is 4.79 Å². The molecule has 94 valence electrons. The van der Waals surface area contributed by atoms with Gasteiger partial charge in [0.2, 0.25) is 5.96 Å². The van der Waals surface area contributed by atoms with Crippen LogP contribution in [0.25, 0.3) is 0 Å². The lowest BCUT2D eigenvalue weighted by atomic mass is 10.1. The van der Waals surface area contributed by atoms with Crippen LogP contribution in [0, 0.1) is 5.41 Å². The summed E-state index contributed by atoms with van der Waals surface area (Å²) in [6, 6.07) is 6.71. The first-order chi connectivity index (χ1) is 7.57. The van der Waals surface area contributed by atoms with Crippen LogP contribution in [-0.4, -0.2) is 18.3 Å². The van der Waals surface area contributed by atoms with Crippen LogP contribution in [-0.2, 0) is 0 Å². The highest BCUT2D eigenvalue weighted by molar-refractivity contribution is 6.05. The summed E-state index contributed by atoms with van der Waals surface area (Å²) in [5.41, 5.74) is 11.4. The van der Waals surface area contributed by atoms with Crippen molar-refractivity contribution in [2.24, 2.45) is 17.3 Å². The van der Waals surface area contributed by atoms with Crippen molar-refractivity contribution in [1.82, 2.24) is 0 Å². The van der Waals surface area contributed by atoms with E-state index in [0.717, 1.165) is 5.01 Å². The lowest BCUT2D eigenvalue weighted by Gasteiger charge is -2.18. The van der Waals surface area contributed by atoms with Crippen molar-refractivity contribution in [3.63, 3.8) is 0 Å². The van der Waals surface area contributed by atoms with Crippen molar-refractivity contribution in [1.29, 1.82) is 5.41 Å².